The quantitative estimate of drug-likeness (QED) is 0.646. The molecule has 0 bridgehead atoms. The number of carbonyl (C=O) groups is 2. The van der Waals surface area contributed by atoms with Gasteiger partial charge in [-0.2, -0.15) is 0 Å². The minimum absolute atomic E-state index is 0.122. The highest BCUT2D eigenvalue weighted by Gasteiger charge is 2.28. The Morgan fingerprint density at radius 1 is 1.03 bits per heavy atom. The van der Waals surface area contributed by atoms with Gasteiger partial charge in [-0.3, -0.25) is 9.59 Å². The predicted molar refractivity (Wildman–Crippen MR) is 120 cm³/mol. The molecule has 2 heterocycles. The maximum absolute atomic E-state index is 13.2. The van der Waals surface area contributed by atoms with Crippen molar-refractivity contribution in [2.24, 2.45) is 0 Å². The highest BCUT2D eigenvalue weighted by Crippen LogP contribution is 2.23. The first kappa shape index (κ1) is 21.8. The first-order valence-electron chi connectivity index (χ1n) is 10.8. The van der Waals surface area contributed by atoms with Crippen LogP contribution in [0.3, 0.4) is 0 Å². The number of carbonyl (C=O) groups excluding carboxylic acids is 2. The molecule has 0 aliphatic carbocycles. The molecule has 1 atom stereocenters. The van der Waals surface area contributed by atoms with Crippen LogP contribution in [0.4, 0.5) is 0 Å². The second-order valence-corrected chi connectivity index (χ2v) is 8.03. The second kappa shape index (κ2) is 9.78. The number of benzene rings is 2. The van der Waals surface area contributed by atoms with E-state index >= 15 is 0 Å². The number of aryl methyl sites for hydroxylation is 2. The summed E-state index contributed by atoms with van der Waals surface area (Å²) in [5, 5.41) is 6.82. The topological polar surface area (TPSA) is 84.7 Å². The smallest absolute Gasteiger partial charge is 0.274 e. The van der Waals surface area contributed by atoms with E-state index in [0.717, 1.165) is 16.7 Å². The first-order chi connectivity index (χ1) is 15.5. The van der Waals surface area contributed by atoms with Crippen LogP contribution in [0.1, 0.15) is 27.2 Å². The third-order valence-corrected chi connectivity index (χ3v) is 5.74. The van der Waals surface area contributed by atoms with Crippen molar-refractivity contribution in [1.29, 1.82) is 0 Å². The average molecular weight is 434 g/mol. The van der Waals surface area contributed by atoms with E-state index < -0.39 is 11.9 Å². The van der Waals surface area contributed by atoms with Crippen LogP contribution in [-0.2, 0) is 16.0 Å². The van der Waals surface area contributed by atoms with Gasteiger partial charge in [-0.05, 0) is 36.6 Å². The molecule has 1 N–H and O–H groups in total. The van der Waals surface area contributed by atoms with Crippen molar-refractivity contribution in [3.8, 4) is 11.3 Å². The van der Waals surface area contributed by atoms with Crippen LogP contribution < -0.4 is 5.32 Å². The van der Waals surface area contributed by atoms with Crippen LogP contribution in [0.15, 0.2) is 59.1 Å². The molecule has 32 heavy (non-hydrogen) atoms. The first-order valence-corrected chi connectivity index (χ1v) is 10.8. The molecular weight excluding hydrogens is 406 g/mol. The lowest BCUT2D eigenvalue weighted by Crippen LogP contribution is -2.52. The summed E-state index contributed by atoms with van der Waals surface area (Å²) in [5.74, 6) is -0.0490. The molecule has 1 aromatic heterocycles. The van der Waals surface area contributed by atoms with Gasteiger partial charge in [0.25, 0.3) is 5.91 Å². The summed E-state index contributed by atoms with van der Waals surface area (Å²) >= 11 is 0. The van der Waals surface area contributed by atoms with E-state index in [1.807, 2.05) is 62.4 Å². The van der Waals surface area contributed by atoms with Crippen LogP contribution in [-0.4, -0.2) is 54.2 Å². The fourth-order valence-electron chi connectivity index (χ4n) is 3.70. The van der Waals surface area contributed by atoms with Crippen LogP contribution in [0.2, 0.25) is 0 Å². The molecule has 2 aromatic carbocycles. The highest BCUT2D eigenvalue weighted by molar-refractivity contribution is 5.96. The van der Waals surface area contributed by atoms with Crippen molar-refractivity contribution in [2.45, 2.75) is 26.3 Å². The fourth-order valence-corrected chi connectivity index (χ4v) is 3.70. The number of rotatable bonds is 6. The number of aromatic nitrogens is 1. The lowest BCUT2D eigenvalue weighted by atomic mass is 10.0. The van der Waals surface area contributed by atoms with Crippen molar-refractivity contribution in [3.63, 3.8) is 0 Å². The van der Waals surface area contributed by atoms with Crippen LogP contribution in [0, 0.1) is 13.8 Å². The molecule has 7 nitrogen and oxygen atoms in total. The molecule has 0 radical (unpaired) electrons. The van der Waals surface area contributed by atoms with E-state index in [1.54, 1.807) is 11.0 Å². The van der Waals surface area contributed by atoms with Crippen LogP contribution >= 0.6 is 0 Å². The number of hydrogen-bond acceptors (Lipinski definition) is 5. The maximum Gasteiger partial charge on any atom is 0.274 e. The average Bonchev–Trinajstić information content (AvgIpc) is 3.32. The van der Waals surface area contributed by atoms with Crippen molar-refractivity contribution in [3.05, 3.63) is 77.0 Å². The zero-order valence-electron chi connectivity index (χ0n) is 18.3. The molecule has 0 saturated carbocycles. The van der Waals surface area contributed by atoms with Gasteiger partial charge >= 0.3 is 0 Å². The molecule has 1 aliphatic rings. The van der Waals surface area contributed by atoms with Crippen molar-refractivity contribution in [1.82, 2.24) is 15.4 Å². The molecule has 4 rings (SSSR count). The largest absolute Gasteiger partial charge is 0.378 e. The van der Waals surface area contributed by atoms with E-state index in [4.69, 9.17) is 9.26 Å². The minimum Gasteiger partial charge on any atom is -0.378 e. The molecule has 3 aromatic rings. The second-order valence-electron chi connectivity index (χ2n) is 8.03. The number of nitrogens with one attached hydrogen (secondary N) is 1. The van der Waals surface area contributed by atoms with Gasteiger partial charge in [-0.1, -0.05) is 47.6 Å². The number of ether oxygens (including phenoxy) is 1. The maximum atomic E-state index is 13.2. The third-order valence-electron chi connectivity index (χ3n) is 5.74. The van der Waals surface area contributed by atoms with E-state index in [2.05, 4.69) is 10.5 Å². The van der Waals surface area contributed by atoms with Gasteiger partial charge in [0.1, 0.15) is 6.04 Å². The standard InChI is InChI=1S/C25H27N3O4/c1-17-8-9-20(14-18(17)2)23-16-21(27-32-23)24(29)26-22(15-19-6-4-3-5-7-19)25(30)28-10-12-31-13-11-28/h3-9,14,16,22H,10-13,15H2,1-2H3,(H,26,29)/t22-/m0/s1. The monoisotopic (exact) mass is 433 g/mol. The predicted octanol–water partition coefficient (Wildman–Crippen LogP) is 3.16. The Bertz CT molecular complexity index is 1090. The summed E-state index contributed by atoms with van der Waals surface area (Å²) in [6.45, 7) is 6.09. The van der Waals surface area contributed by atoms with E-state index in [0.29, 0.717) is 38.5 Å². The van der Waals surface area contributed by atoms with Crippen molar-refractivity contribution >= 4 is 11.8 Å². The Hall–Kier alpha value is -3.45. The molecule has 1 aliphatic heterocycles. The molecule has 166 valence electrons. The van der Waals surface area contributed by atoms with Gasteiger partial charge in [0, 0.05) is 31.1 Å². The number of morpholine rings is 1. The fraction of sp³-hybridized carbons (Fsp3) is 0.320. The van der Waals surface area contributed by atoms with Gasteiger partial charge in [0.2, 0.25) is 5.91 Å². The Labute approximate surface area is 187 Å². The summed E-state index contributed by atoms with van der Waals surface area (Å²) in [5.41, 5.74) is 4.27. The molecule has 1 saturated heterocycles. The Morgan fingerprint density at radius 3 is 2.50 bits per heavy atom. The zero-order chi connectivity index (χ0) is 22.5. The highest BCUT2D eigenvalue weighted by atomic mass is 16.5. The van der Waals surface area contributed by atoms with E-state index in [-0.39, 0.29) is 11.6 Å². The van der Waals surface area contributed by atoms with Gasteiger partial charge in [0.05, 0.1) is 13.2 Å². The summed E-state index contributed by atoms with van der Waals surface area (Å²) < 4.78 is 10.8. The van der Waals surface area contributed by atoms with Gasteiger partial charge in [0.15, 0.2) is 11.5 Å². The third kappa shape index (κ3) is 5.06. The normalized spacial score (nSPS) is 14.8. The molecule has 7 heteroatoms. The minimum atomic E-state index is -0.704. The number of amides is 2. The number of nitrogens with zero attached hydrogens (tertiary/aromatic N) is 2. The SMILES string of the molecule is Cc1ccc(-c2cc(C(=O)N[C@@H](Cc3ccccc3)C(=O)N3CCOCC3)no2)cc1C. The van der Waals surface area contributed by atoms with Crippen molar-refractivity contribution < 1.29 is 18.8 Å². The van der Waals surface area contributed by atoms with Gasteiger partial charge in [-0.15, -0.1) is 0 Å². The van der Waals surface area contributed by atoms with Gasteiger partial charge in [-0.25, -0.2) is 0 Å². The van der Waals surface area contributed by atoms with Crippen molar-refractivity contribution in [2.75, 3.05) is 26.3 Å². The summed E-state index contributed by atoms with van der Waals surface area (Å²) in [6.07, 6.45) is 0.393. The molecule has 0 unspecified atom stereocenters. The zero-order valence-corrected chi connectivity index (χ0v) is 18.3. The molecule has 0 spiro atoms. The van der Waals surface area contributed by atoms with E-state index in [1.165, 1.54) is 5.56 Å². The summed E-state index contributed by atoms with van der Waals surface area (Å²) in [7, 11) is 0. The lowest BCUT2D eigenvalue weighted by molar-refractivity contribution is -0.137. The summed E-state index contributed by atoms with van der Waals surface area (Å²) in [4.78, 5) is 27.9. The molecule has 2 amide bonds. The summed E-state index contributed by atoms with van der Waals surface area (Å²) in [6, 6.07) is 16.5. The lowest BCUT2D eigenvalue weighted by Gasteiger charge is -2.30. The Morgan fingerprint density at radius 2 is 1.78 bits per heavy atom. The van der Waals surface area contributed by atoms with E-state index in [9.17, 15) is 9.59 Å². The molecular formula is C25H27N3O4. The van der Waals surface area contributed by atoms with Crippen LogP contribution in [0.25, 0.3) is 11.3 Å². The molecule has 1 fully saturated rings. The van der Waals surface area contributed by atoms with Gasteiger partial charge < -0.3 is 19.5 Å². The van der Waals surface area contributed by atoms with Crippen LogP contribution in [0.5, 0.6) is 0 Å². The number of hydrogen-bond donors (Lipinski definition) is 1. The Kier molecular flexibility index (Phi) is 6.66. The Balaban J connectivity index is 1.52.